The van der Waals surface area contributed by atoms with Gasteiger partial charge in [-0.1, -0.05) is 117 Å². The topological polar surface area (TPSA) is 0 Å². The van der Waals surface area contributed by atoms with Crippen LogP contribution in [0, 0.1) is 12.1 Å². The summed E-state index contributed by atoms with van der Waals surface area (Å²) in [6.07, 6.45) is 22.0. The van der Waals surface area contributed by atoms with E-state index >= 15 is 0 Å². The first-order chi connectivity index (χ1) is 14.9. The Balaban J connectivity index is 0.000000562. The van der Waals surface area contributed by atoms with E-state index in [9.17, 15) is 0 Å². The second-order valence-electron chi connectivity index (χ2n) is 8.56. The van der Waals surface area contributed by atoms with E-state index in [4.69, 9.17) is 0 Å². The first kappa shape index (κ1) is 30.1. The number of aryl methyl sites for hydroxylation is 2. The molecule has 0 amide bonds. The predicted octanol–water partition coefficient (Wildman–Crippen LogP) is 9.56. The summed E-state index contributed by atoms with van der Waals surface area (Å²) in [5.74, 6) is 0. The molecule has 0 radical (unpaired) electrons. The van der Waals surface area contributed by atoms with Gasteiger partial charge in [-0.25, -0.2) is 0 Å². The number of hydrogen-bond donors (Lipinski definition) is 0. The normalized spacial score (nSPS) is 10.1. The summed E-state index contributed by atoms with van der Waals surface area (Å²) in [5.41, 5.74) is 2.92. The minimum absolute atomic E-state index is 0. The smallest absolute Gasteiger partial charge is 0.184 e. The van der Waals surface area contributed by atoms with Crippen LogP contribution < -0.4 is 0 Å². The maximum atomic E-state index is 3.06. The SMILES string of the molecule is CCCCCCCCCc1cc[c-]cc1.CCCCCCCCCc1cc[c-]cc1.[Zn+2]. The van der Waals surface area contributed by atoms with Gasteiger partial charge in [0, 0.05) is 0 Å². The van der Waals surface area contributed by atoms with Crippen LogP contribution in [-0.2, 0) is 32.3 Å². The number of benzene rings is 2. The van der Waals surface area contributed by atoms with Gasteiger partial charge in [-0.05, 0) is 0 Å². The summed E-state index contributed by atoms with van der Waals surface area (Å²) < 4.78 is 0. The minimum Gasteiger partial charge on any atom is -0.184 e. The van der Waals surface area contributed by atoms with Crippen molar-refractivity contribution >= 4 is 0 Å². The summed E-state index contributed by atoms with van der Waals surface area (Å²) in [6.45, 7) is 4.54. The van der Waals surface area contributed by atoms with Gasteiger partial charge in [0.2, 0.25) is 0 Å². The summed E-state index contributed by atoms with van der Waals surface area (Å²) in [7, 11) is 0. The van der Waals surface area contributed by atoms with Crippen LogP contribution in [0.5, 0.6) is 0 Å². The fraction of sp³-hybridized carbons (Fsp3) is 0.600. The van der Waals surface area contributed by atoms with Crippen molar-refractivity contribution < 1.29 is 19.5 Å². The first-order valence-electron chi connectivity index (χ1n) is 12.8. The van der Waals surface area contributed by atoms with Crippen molar-refractivity contribution in [1.29, 1.82) is 0 Å². The van der Waals surface area contributed by atoms with Crippen molar-refractivity contribution in [2.75, 3.05) is 0 Å². The first-order valence-corrected chi connectivity index (χ1v) is 12.8. The Hall–Kier alpha value is -0.937. The monoisotopic (exact) mass is 470 g/mol. The van der Waals surface area contributed by atoms with Crippen LogP contribution in [0.1, 0.15) is 115 Å². The summed E-state index contributed by atoms with van der Waals surface area (Å²) in [4.78, 5) is 0. The predicted molar refractivity (Wildman–Crippen MR) is 134 cm³/mol. The molecule has 2 aromatic carbocycles. The molecule has 0 saturated heterocycles. The van der Waals surface area contributed by atoms with Gasteiger partial charge >= 0.3 is 19.5 Å². The molecule has 0 unspecified atom stereocenters. The van der Waals surface area contributed by atoms with E-state index in [2.05, 4.69) is 50.2 Å². The zero-order chi connectivity index (χ0) is 21.5. The van der Waals surface area contributed by atoms with Gasteiger partial charge in [0.1, 0.15) is 0 Å². The molecule has 168 valence electrons. The second kappa shape index (κ2) is 23.7. The fourth-order valence-electron chi connectivity index (χ4n) is 3.75. The molecular weight excluding hydrogens is 426 g/mol. The number of rotatable bonds is 16. The summed E-state index contributed by atoms with van der Waals surface area (Å²) in [5, 5.41) is 0. The van der Waals surface area contributed by atoms with Gasteiger partial charge in [-0.3, -0.25) is 0 Å². The largest absolute Gasteiger partial charge is 2.00 e. The van der Waals surface area contributed by atoms with E-state index in [1.807, 2.05) is 24.3 Å². The van der Waals surface area contributed by atoms with E-state index < -0.39 is 0 Å². The average Bonchev–Trinajstić information content (AvgIpc) is 2.80. The quantitative estimate of drug-likeness (QED) is 0.130. The maximum absolute atomic E-state index is 3.06. The molecule has 0 fully saturated rings. The van der Waals surface area contributed by atoms with Crippen LogP contribution in [0.2, 0.25) is 0 Å². The molecule has 2 rings (SSSR count). The summed E-state index contributed by atoms with van der Waals surface area (Å²) in [6, 6.07) is 22.9. The molecule has 0 heterocycles. The van der Waals surface area contributed by atoms with Crippen molar-refractivity contribution in [3.63, 3.8) is 0 Å². The maximum Gasteiger partial charge on any atom is 2.00 e. The molecule has 2 aromatic rings. The van der Waals surface area contributed by atoms with E-state index in [0.29, 0.717) is 0 Å². The van der Waals surface area contributed by atoms with Crippen molar-refractivity contribution in [3.8, 4) is 0 Å². The molecule has 0 aliphatic carbocycles. The van der Waals surface area contributed by atoms with Crippen LogP contribution in [0.3, 0.4) is 0 Å². The molecule has 0 saturated carbocycles. The third-order valence-electron chi connectivity index (χ3n) is 5.71. The van der Waals surface area contributed by atoms with Crippen molar-refractivity contribution in [2.45, 2.75) is 117 Å². The zero-order valence-electron chi connectivity index (χ0n) is 20.6. The third-order valence-corrected chi connectivity index (χ3v) is 5.71. The van der Waals surface area contributed by atoms with Gasteiger partial charge in [0.25, 0.3) is 0 Å². The molecule has 0 aliphatic heterocycles. The summed E-state index contributed by atoms with van der Waals surface area (Å²) >= 11 is 0. The van der Waals surface area contributed by atoms with Gasteiger partial charge < -0.3 is 0 Å². The molecule has 0 spiro atoms. The molecule has 31 heavy (non-hydrogen) atoms. The average molecular weight is 472 g/mol. The Morgan fingerprint density at radius 1 is 0.452 bits per heavy atom. The molecule has 0 aromatic heterocycles. The Bertz CT molecular complexity index is 510. The number of hydrogen-bond acceptors (Lipinski definition) is 0. The van der Waals surface area contributed by atoms with Crippen LogP contribution in [0.4, 0.5) is 0 Å². The molecule has 0 atom stereocenters. The van der Waals surface area contributed by atoms with Crippen molar-refractivity contribution in [3.05, 3.63) is 71.8 Å². The fourth-order valence-corrected chi connectivity index (χ4v) is 3.75. The van der Waals surface area contributed by atoms with E-state index in [1.165, 1.54) is 114 Å². The van der Waals surface area contributed by atoms with Crippen molar-refractivity contribution in [2.24, 2.45) is 0 Å². The van der Waals surface area contributed by atoms with Gasteiger partial charge in [-0.15, -0.1) is 0 Å². The molecule has 0 N–H and O–H groups in total. The van der Waals surface area contributed by atoms with Crippen LogP contribution in [0.15, 0.2) is 48.5 Å². The Kier molecular flexibility index (Phi) is 23.0. The van der Waals surface area contributed by atoms with Crippen LogP contribution >= 0.6 is 0 Å². The molecule has 0 aliphatic rings. The molecule has 0 nitrogen and oxygen atoms in total. The molecule has 1 heteroatoms. The minimum atomic E-state index is 0. The van der Waals surface area contributed by atoms with E-state index in [1.54, 1.807) is 0 Å². The van der Waals surface area contributed by atoms with E-state index in [-0.39, 0.29) is 19.5 Å². The zero-order valence-corrected chi connectivity index (χ0v) is 23.6. The van der Waals surface area contributed by atoms with Gasteiger partial charge in [0.05, 0.1) is 0 Å². The van der Waals surface area contributed by atoms with Crippen LogP contribution in [-0.4, -0.2) is 0 Å². The van der Waals surface area contributed by atoms with Crippen LogP contribution in [0.25, 0.3) is 0 Å². The van der Waals surface area contributed by atoms with Gasteiger partial charge in [-0.2, -0.15) is 71.8 Å². The molecule has 0 bridgehead atoms. The Labute approximate surface area is 207 Å². The second-order valence-corrected chi connectivity index (χ2v) is 8.56. The number of unbranched alkanes of at least 4 members (excludes halogenated alkanes) is 12. The van der Waals surface area contributed by atoms with Gasteiger partial charge in [0.15, 0.2) is 0 Å². The van der Waals surface area contributed by atoms with Crippen molar-refractivity contribution in [1.82, 2.24) is 0 Å². The standard InChI is InChI=1S/2C15H23.Zn/c2*1-2-3-4-5-6-7-9-12-15-13-10-8-11-14-15;/h2*10-11,13-14H,2-7,9,12H2,1H3;/q2*-1;+2. The molecular formula is C30H46Zn. The van der Waals surface area contributed by atoms with E-state index in [0.717, 1.165) is 0 Å². The Morgan fingerprint density at radius 3 is 1.06 bits per heavy atom. The third kappa shape index (κ3) is 19.5. The Morgan fingerprint density at radius 2 is 0.742 bits per heavy atom.